The molecule has 0 aliphatic heterocycles. The summed E-state index contributed by atoms with van der Waals surface area (Å²) >= 11 is 3.47. The molecule has 16 heavy (non-hydrogen) atoms. The Morgan fingerprint density at radius 3 is 3.00 bits per heavy atom. The van der Waals surface area contributed by atoms with E-state index in [1.807, 2.05) is 23.2 Å². The third-order valence-corrected chi connectivity index (χ3v) is 4.25. The zero-order valence-corrected chi connectivity index (χ0v) is 11.1. The molecule has 0 bridgehead atoms. The Morgan fingerprint density at radius 2 is 2.25 bits per heavy atom. The lowest BCUT2D eigenvalue weighted by atomic mass is 10.3. The van der Waals surface area contributed by atoms with Gasteiger partial charge in [0.1, 0.15) is 16.5 Å². The fourth-order valence-corrected chi connectivity index (χ4v) is 3.07. The smallest absolute Gasteiger partial charge is 0.142 e. The Hall–Kier alpha value is -0.810. The zero-order valence-electron chi connectivity index (χ0n) is 9.43. The summed E-state index contributed by atoms with van der Waals surface area (Å²) in [6.07, 6.45) is 0. The van der Waals surface area contributed by atoms with Crippen molar-refractivity contribution in [1.82, 2.24) is 9.97 Å². The summed E-state index contributed by atoms with van der Waals surface area (Å²) in [5, 5.41) is 2.98. The van der Waals surface area contributed by atoms with E-state index in [1.54, 1.807) is 11.3 Å². The van der Waals surface area contributed by atoms with Crippen LogP contribution in [-0.4, -0.2) is 15.7 Å². The largest absolute Gasteiger partial charge is 0.383 e. The lowest BCUT2D eigenvalue weighted by molar-refractivity contribution is 0.750. The number of thioether (sulfide) groups is 1. The van der Waals surface area contributed by atoms with Crippen LogP contribution >= 0.6 is 23.1 Å². The summed E-state index contributed by atoms with van der Waals surface area (Å²) in [7, 11) is 0. The van der Waals surface area contributed by atoms with Crippen molar-refractivity contribution in [3.05, 3.63) is 17.3 Å². The van der Waals surface area contributed by atoms with Gasteiger partial charge in [-0.2, -0.15) is 11.8 Å². The standard InChI is InChI=1S/C11H15N3S2/c1-7(2)5-15-6-9-13-10(12)8-3-4-16-11(8)14-9/h3-4,7H,5-6H2,1-2H3,(H2,12,13,14). The van der Waals surface area contributed by atoms with E-state index < -0.39 is 0 Å². The molecule has 0 saturated heterocycles. The predicted octanol–water partition coefficient (Wildman–Crippen LogP) is 3.16. The molecule has 0 saturated carbocycles. The highest BCUT2D eigenvalue weighted by atomic mass is 32.2. The number of nitrogen functional groups attached to an aromatic ring is 1. The summed E-state index contributed by atoms with van der Waals surface area (Å²) in [6, 6.07) is 1.97. The van der Waals surface area contributed by atoms with E-state index >= 15 is 0 Å². The fourth-order valence-electron chi connectivity index (χ4n) is 1.37. The Labute approximate surface area is 103 Å². The zero-order chi connectivity index (χ0) is 11.5. The van der Waals surface area contributed by atoms with Crippen molar-refractivity contribution >= 4 is 39.1 Å². The summed E-state index contributed by atoms with van der Waals surface area (Å²) in [5.41, 5.74) is 5.88. The molecule has 0 radical (unpaired) electrons. The minimum Gasteiger partial charge on any atom is -0.383 e. The molecule has 0 aromatic carbocycles. The Kier molecular flexibility index (Phi) is 3.66. The van der Waals surface area contributed by atoms with Gasteiger partial charge >= 0.3 is 0 Å². The van der Waals surface area contributed by atoms with E-state index in [-0.39, 0.29) is 0 Å². The molecule has 0 spiro atoms. The first-order valence-electron chi connectivity index (χ1n) is 5.24. The van der Waals surface area contributed by atoms with Crippen LogP contribution in [0, 0.1) is 5.92 Å². The van der Waals surface area contributed by atoms with Crippen LogP contribution in [0.2, 0.25) is 0 Å². The molecule has 86 valence electrons. The maximum atomic E-state index is 5.88. The van der Waals surface area contributed by atoms with Crippen LogP contribution in [0.3, 0.4) is 0 Å². The van der Waals surface area contributed by atoms with Crippen molar-refractivity contribution in [2.45, 2.75) is 19.6 Å². The number of anilines is 1. The Balaban J connectivity index is 2.12. The average Bonchev–Trinajstić information content (AvgIpc) is 2.65. The third kappa shape index (κ3) is 2.65. The SMILES string of the molecule is CC(C)CSCc1nc(N)c2ccsc2n1. The highest BCUT2D eigenvalue weighted by molar-refractivity contribution is 7.98. The molecular weight excluding hydrogens is 238 g/mol. The second-order valence-corrected chi connectivity index (χ2v) is 6.00. The summed E-state index contributed by atoms with van der Waals surface area (Å²) < 4.78 is 0. The van der Waals surface area contributed by atoms with Crippen molar-refractivity contribution in [2.75, 3.05) is 11.5 Å². The van der Waals surface area contributed by atoms with Gasteiger partial charge in [-0.1, -0.05) is 13.8 Å². The molecule has 0 unspecified atom stereocenters. The summed E-state index contributed by atoms with van der Waals surface area (Å²) in [6.45, 7) is 4.43. The molecule has 2 aromatic rings. The summed E-state index contributed by atoms with van der Waals surface area (Å²) in [4.78, 5) is 9.82. The Morgan fingerprint density at radius 1 is 1.44 bits per heavy atom. The van der Waals surface area contributed by atoms with E-state index in [9.17, 15) is 0 Å². The van der Waals surface area contributed by atoms with Gasteiger partial charge < -0.3 is 5.73 Å². The van der Waals surface area contributed by atoms with Gasteiger partial charge in [0, 0.05) is 0 Å². The predicted molar refractivity (Wildman–Crippen MR) is 72.8 cm³/mol. The van der Waals surface area contributed by atoms with Crippen LogP contribution in [-0.2, 0) is 5.75 Å². The van der Waals surface area contributed by atoms with Gasteiger partial charge in [0.25, 0.3) is 0 Å². The van der Waals surface area contributed by atoms with Crippen molar-refractivity contribution in [3.63, 3.8) is 0 Å². The lowest BCUT2D eigenvalue weighted by Crippen LogP contribution is -1.99. The van der Waals surface area contributed by atoms with Gasteiger partial charge in [0.05, 0.1) is 11.1 Å². The molecule has 0 fully saturated rings. The molecular formula is C11H15N3S2. The molecule has 2 N–H and O–H groups in total. The van der Waals surface area contributed by atoms with Crippen molar-refractivity contribution in [3.8, 4) is 0 Å². The Bertz CT molecular complexity index is 479. The average molecular weight is 253 g/mol. The topological polar surface area (TPSA) is 51.8 Å². The monoisotopic (exact) mass is 253 g/mol. The molecule has 2 aromatic heterocycles. The van der Waals surface area contributed by atoms with Crippen LogP contribution in [0.4, 0.5) is 5.82 Å². The maximum absolute atomic E-state index is 5.88. The van der Waals surface area contributed by atoms with Crippen molar-refractivity contribution < 1.29 is 0 Å². The number of fused-ring (bicyclic) bond motifs is 1. The second-order valence-electron chi connectivity index (χ2n) is 4.07. The van der Waals surface area contributed by atoms with Crippen LogP contribution in [0.25, 0.3) is 10.2 Å². The first kappa shape index (κ1) is 11.7. The van der Waals surface area contributed by atoms with E-state index in [0.29, 0.717) is 11.7 Å². The molecule has 2 heterocycles. The molecule has 3 nitrogen and oxygen atoms in total. The van der Waals surface area contributed by atoms with Gasteiger partial charge in [-0.05, 0) is 23.1 Å². The van der Waals surface area contributed by atoms with Gasteiger partial charge in [0.15, 0.2) is 0 Å². The molecule has 0 amide bonds. The summed E-state index contributed by atoms with van der Waals surface area (Å²) in [5.74, 6) is 4.12. The quantitative estimate of drug-likeness (QED) is 0.909. The number of hydrogen-bond acceptors (Lipinski definition) is 5. The van der Waals surface area contributed by atoms with E-state index in [2.05, 4.69) is 23.8 Å². The minimum absolute atomic E-state index is 0.603. The van der Waals surface area contributed by atoms with E-state index in [1.165, 1.54) is 0 Å². The molecule has 5 heteroatoms. The first-order chi connectivity index (χ1) is 7.66. The number of nitrogens with two attached hydrogens (primary N) is 1. The van der Waals surface area contributed by atoms with Crippen molar-refractivity contribution in [1.29, 1.82) is 0 Å². The molecule has 0 aliphatic rings. The highest BCUT2D eigenvalue weighted by Gasteiger charge is 2.06. The van der Waals surface area contributed by atoms with Gasteiger partial charge in [-0.25, -0.2) is 9.97 Å². The molecule has 2 rings (SSSR count). The minimum atomic E-state index is 0.603. The number of rotatable bonds is 4. The first-order valence-corrected chi connectivity index (χ1v) is 7.27. The fraction of sp³-hybridized carbons (Fsp3) is 0.455. The maximum Gasteiger partial charge on any atom is 0.142 e. The number of hydrogen-bond donors (Lipinski definition) is 1. The van der Waals surface area contributed by atoms with E-state index in [4.69, 9.17) is 5.73 Å². The number of thiophene rings is 1. The normalized spacial score (nSPS) is 11.4. The van der Waals surface area contributed by atoms with Gasteiger partial charge in [-0.15, -0.1) is 11.3 Å². The van der Waals surface area contributed by atoms with Crippen LogP contribution in [0.15, 0.2) is 11.4 Å². The highest BCUT2D eigenvalue weighted by Crippen LogP contribution is 2.24. The van der Waals surface area contributed by atoms with Gasteiger partial charge in [0.2, 0.25) is 0 Å². The number of nitrogens with zero attached hydrogens (tertiary/aromatic N) is 2. The second kappa shape index (κ2) is 5.01. The molecule has 0 aliphatic carbocycles. The lowest BCUT2D eigenvalue weighted by Gasteiger charge is -2.04. The molecule has 0 atom stereocenters. The van der Waals surface area contributed by atoms with E-state index in [0.717, 1.165) is 27.5 Å². The third-order valence-electron chi connectivity index (χ3n) is 2.08. The van der Waals surface area contributed by atoms with Crippen LogP contribution in [0.5, 0.6) is 0 Å². The van der Waals surface area contributed by atoms with Gasteiger partial charge in [-0.3, -0.25) is 0 Å². The van der Waals surface area contributed by atoms with Crippen LogP contribution < -0.4 is 5.73 Å². The number of aromatic nitrogens is 2. The van der Waals surface area contributed by atoms with Crippen molar-refractivity contribution in [2.24, 2.45) is 5.92 Å². The van der Waals surface area contributed by atoms with Crippen LogP contribution in [0.1, 0.15) is 19.7 Å².